The summed E-state index contributed by atoms with van der Waals surface area (Å²) >= 11 is 3.62. The van der Waals surface area contributed by atoms with Crippen molar-refractivity contribution >= 4 is 26.7 Å². The van der Waals surface area contributed by atoms with Crippen LogP contribution in [0.1, 0.15) is 18.0 Å². The summed E-state index contributed by atoms with van der Waals surface area (Å²) in [5.41, 5.74) is 1.31. The molecule has 2 rings (SSSR count). The summed E-state index contributed by atoms with van der Waals surface area (Å²) < 4.78 is 12.5. The zero-order valence-electron chi connectivity index (χ0n) is 11.3. The van der Waals surface area contributed by atoms with E-state index in [-0.39, 0.29) is 0 Å². The van der Waals surface area contributed by atoms with E-state index in [2.05, 4.69) is 44.3 Å². The molecule has 0 saturated carbocycles. The fourth-order valence-corrected chi connectivity index (χ4v) is 4.11. The van der Waals surface area contributed by atoms with Crippen LogP contribution in [0.3, 0.4) is 0 Å². The molecule has 0 aliphatic carbocycles. The van der Waals surface area contributed by atoms with Crippen molar-refractivity contribution in [2.75, 3.05) is 38.2 Å². The van der Waals surface area contributed by atoms with Crippen LogP contribution >= 0.6 is 15.9 Å². The van der Waals surface area contributed by atoms with Crippen LogP contribution in [0, 0.1) is 0 Å². The van der Waals surface area contributed by atoms with Gasteiger partial charge in [-0.3, -0.25) is 4.21 Å². The highest BCUT2D eigenvalue weighted by molar-refractivity contribution is 9.10. The molecule has 1 unspecified atom stereocenters. The van der Waals surface area contributed by atoms with Crippen LogP contribution in [0.2, 0.25) is 0 Å². The van der Waals surface area contributed by atoms with Crippen LogP contribution < -0.4 is 5.32 Å². The van der Waals surface area contributed by atoms with Crippen LogP contribution in [-0.2, 0) is 10.8 Å². The van der Waals surface area contributed by atoms with Gasteiger partial charge >= 0.3 is 0 Å². The number of halogens is 1. The van der Waals surface area contributed by atoms with E-state index in [0.717, 1.165) is 42.0 Å². The summed E-state index contributed by atoms with van der Waals surface area (Å²) in [4.78, 5) is 2.42. The van der Waals surface area contributed by atoms with Crippen LogP contribution in [-0.4, -0.2) is 47.3 Å². The van der Waals surface area contributed by atoms with Crippen LogP contribution in [0.15, 0.2) is 28.7 Å². The Labute approximate surface area is 126 Å². The van der Waals surface area contributed by atoms with Crippen LogP contribution in [0.4, 0.5) is 0 Å². The molecule has 1 aliphatic rings. The maximum absolute atomic E-state index is 11.3. The van der Waals surface area contributed by atoms with E-state index in [1.54, 1.807) is 0 Å². The molecule has 0 bridgehead atoms. The molecule has 5 heteroatoms. The molecule has 1 aliphatic heterocycles. The molecule has 1 saturated heterocycles. The number of rotatable bonds is 5. The molecule has 1 aromatic carbocycles. The Morgan fingerprint density at radius 2 is 2.05 bits per heavy atom. The Balaban J connectivity index is 1.89. The summed E-state index contributed by atoms with van der Waals surface area (Å²) in [6.07, 6.45) is 1.08. The van der Waals surface area contributed by atoms with Gasteiger partial charge in [0.25, 0.3) is 0 Å². The van der Waals surface area contributed by atoms with Crippen LogP contribution in [0.25, 0.3) is 0 Å². The molecule has 19 heavy (non-hydrogen) atoms. The third kappa shape index (κ3) is 4.38. The topological polar surface area (TPSA) is 32.3 Å². The Morgan fingerprint density at radius 1 is 1.37 bits per heavy atom. The van der Waals surface area contributed by atoms with Gasteiger partial charge in [0.15, 0.2) is 0 Å². The van der Waals surface area contributed by atoms with Gasteiger partial charge in [0.1, 0.15) is 0 Å². The summed E-state index contributed by atoms with van der Waals surface area (Å²) in [7, 11) is 1.43. The first-order valence-corrected chi connectivity index (χ1v) is 8.98. The lowest BCUT2D eigenvalue weighted by molar-refractivity contribution is 0.281. The van der Waals surface area contributed by atoms with Gasteiger partial charge in [-0.2, -0.15) is 0 Å². The van der Waals surface area contributed by atoms with Gasteiger partial charge < -0.3 is 10.2 Å². The van der Waals surface area contributed by atoms with Crippen molar-refractivity contribution in [2.45, 2.75) is 12.5 Å². The molecule has 1 N–H and O–H groups in total. The Bertz CT molecular complexity index is 431. The minimum Gasteiger partial charge on any atom is -0.313 e. The van der Waals surface area contributed by atoms with Crippen molar-refractivity contribution in [3.05, 3.63) is 34.3 Å². The second kappa shape index (κ2) is 7.53. The van der Waals surface area contributed by atoms with E-state index in [1.807, 2.05) is 13.1 Å². The highest BCUT2D eigenvalue weighted by atomic mass is 79.9. The third-order valence-electron chi connectivity index (χ3n) is 3.63. The average Bonchev–Trinajstić information content (AvgIpc) is 2.43. The summed E-state index contributed by atoms with van der Waals surface area (Å²) in [5.74, 6) is 1.67. The monoisotopic (exact) mass is 344 g/mol. The first-order chi connectivity index (χ1) is 9.20. The number of hydrogen-bond donors (Lipinski definition) is 1. The minimum atomic E-state index is -0.581. The third-order valence-corrected chi connectivity index (χ3v) is 5.63. The standard InChI is InChI=1S/C14H21BrN2OS/c1-16-14(12-4-2-3-5-13(12)15)6-7-17-8-10-19(18)11-9-17/h2-5,14,16H,6-11H2,1H3. The highest BCUT2D eigenvalue weighted by Crippen LogP contribution is 2.25. The van der Waals surface area contributed by atoms with E-state index in [4.69, 9.17) is 0 Å². The molecule has 0 aromatic heterocycles. The predicted molar refractivity (Wildman–Crippen MR) is 84.9 cm³/mol. The Hall–Kier alpha value is -0.230. The zero-order chi connectivity index (χ0) is 13.7. The second-order valence-corrected chi connectivity index (χ2v) is 7.39. The minimum absolute atomic E-state index is 0.364. The second-order valence-electron chi connectivity index (χ2n) is 4.84. The van der Waals surface area contributed by atoms with Gasteiger partial charge in [0, 0.05) is 52.5 Å². The lowest BCUT2D eigenvalue weighted by Crippen LogP contribution is -2.39. The van der Waals surface area contributed by atoms with E-state index in [1.165, 1.54) is 5.56 Å². The fourth-order valence-electron chi connectivity index (χ4n) is 2.42. The molecule has 106 valence electrons. The summed E-state index contributed by atoms with van der Waals surface area (Å²) in [6.45, 7) is 3.00. The van der Waals surface area contributed by atoms with Crippen molar-refractivity contribution in [1.82, 2.24) is 10.2 Å². The van der Waals surface area contributed by atoms with Crippen molar-refractivity contribution in [3.63, 3.8) is 0 Å². The number of hydrogen-bond acceptors (Lipinski definition) is 3. The van der Waals surface area contributed by atoms with E-state index in [9.17, 15) is 4.21 Å². The van der Waals surface area contributed by atoms with Crippen molar-refractivity contribution in [2.24, 2.45) is 0 Å². The molecular weight excluding hydrogens is 324 g/mol. The summed E-state index contributed by atoms with van der Waals surface area (Å²) in [5, 5.41) is 3.39. The molecule has 0 radical (unpaired) electrons. The normalized spacial score (nSPS) is 19.5. The van der Waals surface area contributed by atoms with Gasteiger partial charge in [0.05, 0.1) is 0 Å². The fraction of sp³-hybridized carbons (Fsp3) is 0.571. The Morgan fingerprint density at radius 3 is 2.68 bits per heavy atom. The first kappa shape index (κ1) is 15.2. The summed E-state index contributed by atoms with van der Waals surface area (Å²) in [6, 6.07) is 8.73. The molecular formula is C14H21BrN2OS. The SMILES string of the molecule is CNC(CCN1CCS(=O)CC1)c1ccccc1Br. The van der Waals surface area contributed by atoms with E-state index in [0.29, 0.717) is 6.04 Å². The van der Waals surface area contributed by atoms with E-state index >= 15 is 0 Å². The molecule has 0 amide bonds. The molecule has 0 spiro atoms. The van der Waals surface area contributed by atoms with Crippen molar-refractivity contribution in [3.8, 4) is 0 Å². The van der Waals surface area contributed by atoms with E-state index < -0.39 is 10.8 Å². The van der Waals surface area contributed by atoms with Crippen molar-refractivity contribution in [1.29, 1.82) is 0 Å². The van der Waals surface area contributed by atoms with Gasteiger partial charge in [0.2, 0.25) is 0 Å². The predicted octanol–water partition coefficient (Wildman–Crippen LogP) is 2.16. The molecule has 1 aromatic rings. The molecule has 1 heterocycles. The average molecular weight is 345 g/mol. The van der Waals surface area contributed by atoms with Gasteiger partial charge in [-0.25, -0.2) is 0 Å². The molecule has 1 atom stereocenters. The van der Waals surface area contributed by atoms with Gasteiger partial charge in [-0.15, -0.1) is 0 Å². The smallest absolute Gasteiger partial charge is 0.0363 e. The quantitative estimate of drug-likeness (QED) is 0.888. The van der Waals surface area contributed by atoms with Crippen LogP contribution in [0.5, 0.6) is 0 Å². The molecule has 3 nitrogen and oxygen atoms in total. The zero-order valence-corrected chi connectivity index (χ0v) is 13.7. The maximum atomic E-state index is 11.3. The van der Waals surface area contributed by atoms with Gasteiger partial charge in [-0.05, 0) is 25.1 Å². The van der Waals surface area contributed by atoms with Crippen molar-refractivity contribution < 1.29 is 4.21 Å². The first-order valence-electron chi connectivity index (χ1n) is 6.69. The Kier molecular flexibility index (Phi) is 6.01. The lowest BCUT2D eigenvalue weighted by Gasteiger charge is -2.28. The number of nitrogens with one attached hydrogen (secondary N) is 1. The highest BCUT2D eigenvalue weighted by Gasteiger charge is 2.17. The maximum Gasteiger partial charge on any atom is 0.0363 e. The number of benzene rings is 1. The lowest BCUT2D eigenvalue weighted by atomic mass is 10.0. The molecule has 1 fully saturated rings. The largest absolute Gasteiger partial charge is 0.313 e. The number of nitrogens with zero attached hydrogens (tertiary/aromatic N) is 1. The van der Waals surface area contributed by atoms with Gasteiger partial charge in [-0.1, -0.05) is 34.1 Å².